The van der Waals surface area contributed by atoms with Gasteiger partial charge in [-0.15, -0.1) is 13.2 Å². The molecule has 1 heterocycles. The van der Waals surface area contributed by atoms with E-state index in [1.807, 2.05) is 19.0 Å². The van der Waals surface area contributed by atoms with Crippen LogP contribution in [-0.2, 0) is 4.74 Å². The lowest BCUT2D eigenvalue weighted by Crippen LogP contribution is -2.17. The Hall–Kier alpha value is -4.06. The number of rotatable bonds is 11. The highest BCUT2D eigenvalue weighted by molar-refractivity contribution is 5.93. The second-order valence-electron chi connectivity index (χ2n) is 8.15. The van der Waals surface area contributed by atoms with E-state index in [1.165, 1.54) is 32.4 Å². The fourth-order valence-electron chi connectivity index (χ4n) is 3.38. The minimum Gasteiger partial charge on any atom is -0.496 e. The predicted molar refractivity (Wildman–Crippen MR) is 133 cm³/mol. The van der Waals surface area contributed by atoms with Gasteiger partial charge < -0.3 is 29.7 Å². The second kappa shape index (κ2) is 12.3. The fourth-order valence-corrected chi connectivity index (χ4v) is 3.38. The highest BCUT2D eigenvalue weighted by Gasteiger charge is 2.31. The number of hydrogen-bond donors (Lipinski definition) is 2. The van der Waals surface area contributed by atoms with Gasteiger partial charge in [0.2, 0.25) is 5.95 Å². The summed E-state index contributed by atoms with van der Waals surface area (Å²) in [4.78, 5) is 23.0. The van der Waals surface area contributed by atoms with Crippen LogP contribution >= 0.6 is 0 Å². The molecular formula is C25H28F3N5O4. The maximum absolute atomic E-state index is 12.7. The molecule has 0 aliphatic heterocycles. The Morgan fingerprint density at radius 3 is 2.51 bits per heavy atom. The molecule has 37 heavy (non-hydrogen) atoms. The molecule has 0 saturated heterocycles. The number of esters is 1. The van der Waals surface area contributed by atoms with E-state index in [-0.39, 0.29) is 11.3 Å². The zero-order valence-corrected chi connectivity index (χ0v) is 20.8. The van der Waals surface area contributed by atoms with Crippen molar-refractivity contribution in [1.82, 2.24) is 14.9 Å². The largest absolute Gasteiger partial charge is 0.573 e. The highest BCUT2D eigenvalue weighted by Crippen LogP contribution is 2.30. The van der Waals surface area contributed by atoms with Crippen molar-refractivity contribution in [2.45, 2.75) is 12.8 Å². The molecule has 0 fully saturated rings. The van der Waals surface area contributed by atoms with E-state index in [2.05, 4.69) is 25.3 Å². The molecule has 0 amide bonds. The number of benzene rings is 2. The van der Waals surface area contributed by atoms with Gasteiger partial charge in [0.15, 0.2) is 0 Å². The lowest BCUT2D eigenvalue weighted by Gasteiger charge is -2.14. The molecule has 1 aromatic heterocycles. The smallest absolute Gasteiger partial charge is 0.496 e. The van der Waals surface area contributed by atoms with Crippen molar-refractivity contribution in [2.24, 2.45) is 0 Å². The fraction of sp³-hybridized carbons (Fsp3) is 0.320. The minimum absolute atomic E-state index is 0.253. The summed E-state index contributed by atoms with van der Waals surface area (Å²) in [5.74, 6) is 0.0546. The number of hydrogen-bond acceptors (Lipinski definition) is 9. The van der Waals surface area contributed by atoms with Crippen LogP contribution < -0.4 is 20.1 Å². The molecule has 0 unspecified atom stereocenters. The van der Waals surface area contributed by atoms with Crippen molar-refractivity contribution in [1.29, 1.82) is 0 Å². The second-order valence-corrected chi connectivity index (χ2v) is 8.15. The van der Waals surface area contributed by atoms with E-state index in [9.17, 15) is 18.0 Å². The first-order chi connectivity index (χ1) is 17.6. The number of carbonyl (C=O) groups is 1. The number of alkyl halides is 3. The number of ether oxygens (including phenoxy) is 3. The average Bonchev–Trinajstić information content (AvgIpc) is 2.85. The number of carbonyl (C=O) groups excluding carboxylic acids is 1. The predicted octanol–water partition coefficient (Wildman–Crippen LogP) is 4.94. The molecule has 0 aliphatic carbocycles. The van der Waals surface area contributed by atoms with Crippen LogP contribution in [-0.4, -0.2) is 68.6 Å². The monoisotopic (exact) mass is 519 g/mol. The van der Waals surface area contributed by atoms with Gasteiger partial charge >= 0.3 is 12.3 Å². The van der Waals surface area contributed by atoms with Gasteiger partial charge in [-0.3, -0.25) is 0 Å². The molecule has 0 bridgehead atoms. The number of nitrogens with one attached hydrogen (secondary N) is 2. The van der Waals surface area contributed by atoms with Gasteiger partial charge in [-0.2, -0.15) is 4.98 Å². The van der Waals surface area contributed by atoms with Crippen molar-refractivity contribution in [3.8, 4) is 22.8 Å². The van der Waals surface area contributed by atoms with Crippen molar-refractivity contribution >= 4 is 23.4 Å². The Labute approximate surface area is 212 Å². The maximum Gasteiger partial charge on any atom is 0.573 e. The van der Waals surface area contributed by atoms with Crippen molar-refractivity contribution < 1.29 is 32.2 Å². The number of methoxy groups -OCH3 is 2. The van der Waals surface area contributed by atoms with Crippen LogP contribution in [0.2, 0.25) is 0 Å². The molecule has 0 radical (unpaired) electrons. The van der Waals surface area contributed by atoms with Gasteiger partial charge in [-0.05, 0) is 51.3 Å². The molecule has 3 rings (SSSR count). The lowest BCUT2D eigenvalue weighted by molar-refractivity contribution is -0.274. The van der Waals surface area contributed by atoms with E-state index in [1.54, 1.807) is 30.3 Å². The SMILES string of the molecule is COC(=O)c1ccc(Nc2cc(-c3cccc(OC(F)(F)F)c3)nc(NCCCN(C)C)n2)cc1OC. The van der Waals surface area contributed by atoms with Crippen LogP contribution in [0.25, 0.3) is 11.3 Å². The van der Waals surface area contributed by atoms with Crippen LogP contribution in [0.4, 0.5) is 30.6 Å². The summed E-state index contributed by atoms with van der Waals surface area (Å²) in [6.45, 7) is 1.43. The minimum atomic E-state index is -4.81. The molecule has 0 atom stereocenters. The quantitative estimate of drug-likeness (QED) is 0.270. The molecule has 2 N–H and O–H groups in total. The van der Waals surface area contributed by atoms with Gasteiger partial charge in [0, 0.05) is 29.9 Å². The number of anilines is 3. The Kier molecular flexibility index (Phi) is 9.12. The van der Waals surface area contributed by atoms with Gasteiger partial charge in [0.25, 0.3) is 0 Å². The molecule has 0 spiro atoms. The Bertz CT molecular complexity index is 1220. The number of nitrogens with zero attached hydrogens (tertiary/aromatic N) is 3. The zero-order chi connectivity index (χ0) is 27.0. The number of aromatic nitrogens is 2. The highest BCUT2D eigenvalue weighted by atomic mass is 19.4. The molecular weight excluding hydrogens is 491 g/mol. The Morgan fingerprint density at radius 1 is 1.05 bits per heavy atom. The van der Waals surface area contributed by atoms with Crippen LogP contribution in [0.15, 0.2) is 48.5 Å². The molecule has 12 heteroatoms. The van der Waals surface area contributed by atoms with Crippen LogP contribution in [0.5, 0.6) is 11.5 Å². The molecule has 2 aromatic carbocycles. The van der Waals surface area contributed by atoms with Crippen LogP contribution in [0.1, 0.15) is 16.8 Å². The third kappa shape index (κ3) is 8.24. The summed E-state index contributed by atoms with van der Waals surface area (Å²) in [5.41, 5.74) is 1.59. The molecule has 198 valence electrons. The van der Waals surface area contributed by atoms with Gasteiger partial charge in [0.05, 0.1) is 19.9 Å². The molecule has 9 nitrogen and oxygen atoms in total. The lowest BCUT2D eigenvalue weighted by atomic mass is 10.1. The Morgan fingerprint density at radius 2 is 1.84 bits per heavy atom. The normalized spacial score (nSPS) is 11.2. The number of halogens is 3. The van der Waals surface area contributed by atoms with Crippen molar-refractivity contribution in [3.05, 3.63) is 54.1 Å². The molecule has 0 aliphatic rings. The standard InChI is InChI=1S/C25H28F3N5O4/c1-33(2)12-6-11-29-24-31-20(16-7-5-8-18(13-16)37-25(26,27)28)15-22(32-24)30-17-9-10-19(23(34)36-4)21(14-17)35-3/h5,7-10,13-15H,6,11-12H2,1-4H3,(H2,29,30,31,32). The summed E-state index contributed by atoms with van der Waals surface area (Å²) in [5, 5.41) is 6.29. The summed E-state index contributed by atoms with van der Waals surface area (Å²) in [7, 11) is 6.64. The van der Waals surface area contributed by atoms with E-state index in [4.69, 9.17) is 9.47 Å². The third-order valence-corrected chi connectivity index (χ3v) is 5.03. The summed E-state index contributed by atoms with van der Waals surface area (Å²) < 4.78 is 52.3. The van der Waals surface area contributed by atoms with Gasteiger partial charge in [-0.25, -0.2) is 9.78 Å². The maximum atomic E-state index is 12.7. The summed E-state index contributed by atoms with van der Waals surface area (Å²) >= 11 is 0. The van der Waals surface area contributed by atoms with Crippen LogP contribution in [0, 0.1) is 0 Å². The first kappa shape index (κ1) is 27.5. The average molecular weight is 520 g/mol. The molecule has 0 saturated carbocycles. The van der Waals surface area contributed by atoms with Gasteiger partial charge in [0.1, 0.15) is 22.9 Å². The first-order valence-corrected chi connectivity index (χ1v) is 11.2. The Balaban J connectivity index is 1.94. The molecule has 3 aromatic rings. The summed E-state index contributed by atoms with van der Waals surface area (Å²) in [6.07, 6.45) is -3.99. The topological polar surface area (TPSA) is 97.8 Å². The van der Waals surface area contributed by atoms with E-state index in [0.717, 1.165) is 13.0 Å². The zero-order valence-electron chi connectivity index (χ0n) is 20.8. The first-order valence-electron chi connectivity index (χ1n) is 11.2. The van der Waals surface area contributed by atoms with Crippen LogP contribution in [0.3, 0.4) is 0 Å². The van der Waals surface area contributed by atoms with E-state index >= 15 is 0 Å². The van der Waals surface area contributed by atoms with E-state index < -0.39 is 12.3 Å². The van der Waals surface area contributed by atoms with Crippen molar-refractivity contribution in [3.63, 3.8) is 0 Å². The van der Waals surface area contributed by atoms with Crippen molar-refractivity contribution in [2.75, 3.05) is 52.0 Å². The van der Waals surface area contributed by atoms with E-state index in [0.29, 0.717) is 41.0 Å². The third-order valence-electron chi connectivity index (χ3n) is 5.03. The summed E-state index contributed by atoms with van der Waals surface area (Å²) in [6, 6.07) is 11.9. The van der Waals surface area contributed by atoms with Gasteiger partial charge in [-0.1, -0.05) is 12.1 Å².